The van der Waals surface area contributed by atoms with Crippen molar-refractivity contribution in [2.24, 2.45) is 5.92 Å². The highest BCUT2D eigenvalue weighted by atomic mass is 16.7. The molecule has 1 saturated carbocycles. The fourth-order valence-corrected chi connectivity index (χ4v) is 3.03. The van der Waals surface area contributed by atoms with Crippen LogP contribution in [0, 0.1) is 5.92 Å². The van der Waals surface area contributed by atoms with Crippen LogP contribution in [0.2, 0.25) is 0 Å². The fourth-order valence-electron chi connectivity index (χ4n) is 3.03. The number of hydrogen-bond donors (Lipinski definition) is 8. The summed E-state index contributed by atoms with van der Waals surface area (Å²) < 4.78 is 10.4. The molecule has 8 N–H and O–H groups in total. The average Bonchev–Trinajstić information content (AvgIpc) is 2.55. The van der Waals surface area contributed by atoms with E-state index >= 15 is 0 Å². The Morgan fingerprint density at radius 1 is 0.783 bits per heavy atom. The first-order valence-corrected chi connectivity index (χ1v) is 7.42. The Kier molecular flexibility index (Phi) is 6.30. The van der Waals surface area contributed by atoms with Gasteiger partial charge in [0.25, 0.3) is 0 Å². The highest BCUT2D eigenvalue weighted by Crippen LogP contribution is 2.31. The second-order valence-electron chi connectivity index (χ2n) is 6.02. The van der Waals surface area contributed by atoms with Crippen LogP contribution in [0.5, 0.6) is 0 Å². The fraction of sp³-hybridized carbons (Fsp3) is 1.00. The van der Waals surface area contributed by atoms with Gasteiger partial charge in [-0.05, 0) is 6.42 Å². The molecule has 0 radical (unpaired) electrons. The van der Waals surface area contributed by atoms with Crippen LogP contribution < -0.4 is 0 Å². The number of rotatable bonds is 4. The van der Waals surface area contributed by atoms with Crippen LogP contribution in [0.4, 0.5) is 0 Å². The lowest BCUT2D eigenvalue weighted by Crippen LogP contribution is -2.62. The van der Waals surface area contributed by atoms with Crippen LogP contribution >= 0.6 is 0 Å². The van der Waals surface area contributed by atoms with Gasteiger partial charge in [-0.2, -0.15) is 0 Å². The summed E-state index contributed by atoms with van der Waals surface area (Å²) in [5, 5.41) is 77.1. The third-order valence-electron chi connectivity index (χ3n) is 4.50. The molecule has 0 aromatic carbocycles. The summed E-state index contributed by atoms with van der Waals surface area (Å²) in [5.74, 6) is -0.747. The SMILES string of the molecule is OCC1C[C@H](O[C@@H]2C(CO)O[C@H](O)C(O)[C@H]2O)C(O)[C@@H](O)[C@@H]1O. The van der Waals surface area contributed by atoms with Gasteiger partial charge < -0.3 is 50.3 Å². The maximum atomic E-state index is 10.0. The molecule has 2 rings (SSSR count). The normalized spacial score (nSPS) is 51.7. The summed E-state index contributed by atoms with van der Waals surface area (Å²) in [6, 6.07) is 0. The summed E-state index contributed by atoms with van der Waals surface area (Å²) in [6.45, 7) is -1.07. The molecule has 136 valence electrons. The summed E-state index contributed by atoms with van der Waals surface area (Å²) in [5.41, 5.74) is 0. The Morgan fingerprint density at radius 2 is 1.43 bits per heavy atom. The molecule has 2 aliphatic rings. The standard InChI is InChI=1S/C13H24O10/c14-2-4-1-5(8(17)9(18)7(4)16)22-12-6(3-15)23-13(21)11(20)10(12)19/h4-21H,1-3H2/t4?,5-,6?,7+,8?,9-,10+,11?,12+,13-/m0/s1. The molecule has 1 saturated heterocycles. The largest absolute Gasteiger partial charge is 0.396 e. The van der Waals surface area contributed by atoms with Crippen molar-refractivity contribution in [3.8, 4) is 0 Å². The second-order valence-corrected chi connectivity index (χ2v) is 6.02. The highest BCUT2D eigenvalue weighted by Gasteiger charge is 2.49. The van der Waals surface area contributed by atoms with E-state index < -0.39 is 74.3 Å². The topological polar surface area (TPSA) is 180 Å². The lowest BCUT2D eigenvalue weighted by Gasteiger charge is -2.45. The van der Waals surface area contributed by atoms with Crippen molar-refractivity contribution >= 4 is 0 Å². The molecule has 2 fully saturated rings. The first kappa shape index (κ1) is 18.9. The van der Waals surface area contributed by atoms with Crippen molar-refractivity contribution in [2.45, 2.75) is 61.5 Å². The molecular formula is C13H24O10. The van der Waals surface area contributed by atoms with Gasteiger partial charge in [0.15, 0.2) is 6.29 Å². The lowest BCUT2D eigenvalue weighted by atomic mass is 9.81. The smallest absolute Gasteiger partial charge is 0.184 e. The predicted octanol–water partition coefficient (Wildman–Crippen LogP) is -4.73. The van der Waals surface area contributed by atoms with Crippen molar-refractivity contribution in [3.05, 3.63) is 0 Å². The molecule has 4 unspecified atom stereocenters. The summed E-state index contributed by atoms with van der Waals surface area (Å²) in [4.78, 5) is 0. The second kappa shape index (κ2) is 7.66. The first-order valence-electron chi connectivity index (χ1n) is 7.42. The van der Waals surface area contributed by atoms with Gasteiger partial charge in [-0.15, -0.1) is 0 Å². The third-order valence-corrected chi connectivity index (χ3v) is 4.50. The third kappa shape index (κ3) is 3.66. The Labute approximate surface area is 132 Å². The van der Waals surface area contributed by atoms with E-state index in [9.17, 15) is 40.9 Å². The zero-order valence-corrected chi connectivity index (χ0v) is 12.3. The zero-order valence-electron chi connectivity index (χ0n) is 12.3. The predicted molar refractivity (Wildman–Crippen MR) is 71.9 cm³/mol. The number of aliphatic hydroxyl groups excluding tert-OH is 8. The van der Waals surface area contributed by atoms with Gasteiger partial charge >= 0.3 is 0 Å². The van der Waals surface area contributed by atoms with E-state index in [-0.39, 0.29) is 6.42 Å². The monoisotopic (exact) mass is 340 g/mol. The number of ether oxygens (including phenoxy) is 2. The van der Waals surface area contributed by atoms with E-state index in [1.54, 1.807) is 0 Å². The van der Waals surface area contributed by atoms with Crippen molar-refractivity contribution in [3.63, 3.8) is 0 Å². The maximum Gasteiger partial charge on any atom is 0.184 e. The summed E-state index contributed by atoms with van der Waals surface area (Å²) in [6.07, 6.45) is -12.9. The Morgan fingerprint density at radius 3 is 2.00 bits per heavy atom. The van der Waals surface area contributed by atoms with Crippen LogP contribution in [0.25, 0.3) is 0 Å². The molecule has 1 heterocycles. The first-order chi connectivity index (χ1) is 10.8. The van der Waals surface area contributed by atoms with Crippen LogP contribution in [0.3, 0.4) is 0 Å². The molecule has 0 amide bonds. The molecule has 10 nitrogen and oxygen atoms in total. The lowest BCUT2D eigenvalue weighted by molar-refractivity contribution is -0.310. The number of hydrogen-bond acceptors (Lipinski definition) is 10. The number of aliphatic hydroxyl groups is 8. The molecule has 1 aliphatic heterocycles. The molecule has 1 aliphatic carbocycles. The van der Waals surface area contributed by atoms with Gasteiger partial charge in [0.05, 0.1) is 18.8 Å². The molecule has 0 bridgehead atoms. The molecule has 10 heteroatoms. The molecule has 0 aromatic heterocycles. The molecule has 0 aromatic rings. The van der Waals surface area contributed by atoms with Crippen molar-refractivity contribution < 1.29 is 50.3 Å². The van der Waals surface area contributed by atoms with Gasteiger partial charge in [0.2, 0.25) is 0 Å². The van der Waals surface area contributed by atoms with Gasteiger partial charge in [0.1, 0.15) is 36.6 Å². The average molecular weight is 340 g/mol. The van der Waals surface area contributed by atoms with Gasteiger partial charge in [-0.25, -0.2) is 0 Å². The quantitative estimate of drug-likeness (QED) is 0.247. The van der Waals surface area contributed by atoms with E-state index in [0.717, 1.165) is 0 Å². The van der Waals surface area contributed by atoms with Crippen molar-refractivity contribution in [2.75, 3.05) is 13.2 Å². The van der Waals surface area contributed by atoms with Gasteiger partial charge in [0, 0.05) is 12.5 Å². The minimum Gasteiger partial charge on any atom is -0.396 e. The van der Waals surface area contributed by atoms with Crippen LogP contribution in [0.15, 0.2) is 0 Å². The van der Waals surface area contributed by atoms with Crippen LogP contribution in [-0.2, 0) is 9.47 Å². The van der Waals surface area contributed by atoms with E-state index in [2.05, 4.69) is 0 Å². The minimum atomic E-state index is -1.70. The van der Waals surface area contributed by atoms with E-state index in [4.69, 9.17) is 9.47 Å². The van der Waals surface area contributed by atoms with Crippen molar-refractivity contribution in [1.82, 2.24) is 0 Å². The molecule has 10 atom stereocenters. The van der Waals surface area contributed by atoms with E-state index in [0.29, 0.717) is 0 Å². The summed E-state index contributed by atoms with van der Waals surface area (Å²) >= 11 is 0. The Hall–Kier alpha value is -0.400. The van der Waals surface area contributed by atoms with Gasteiger partial charge in [-0.1, -0.05) is 0 Å². The van der Waals surface area contributed by atoms with Crippen LogP contribution in [0.1, 0.15) is 6.42 Å². The molecular weight excluding hydrogens is 316 g/mol. The highest BCUT2D eigenvalue weighted by molar-refractivity contribution is 4.96. The molecule has 23 heavy (non-hydrogen) atoms. The van der Waals surface area contributed by atoms with Crippen molar-refractivity contribution in [1.29, 1.82) is 0 Å². The van der Waals surface area contributed by atoms with Gasteiger partial charge in [-0.3, -0.25) is 0 Å². The summed E-state index contributed by atoms with van der Waals surface area (Å²) in [7, 11) is 0. The van der Waals surface area contributed by atoms with E-state index in [1.807, 2.05) is 0 Å². The Balaban J connectivity index is 2.11. The Bertz CT molecular complexity index is 378. The minimum absolute atomic E-state index is 0.0179. The molecule has 0 spiro atoms. The maximum absolute atomic E-state index is 10.0. The van der Waals surface area contributed by atoms with E-state index in [1.165, 1.54) is 0 Å². The zero-order chi connectivity index (χ0) is 17.3. The van der Waals surface area contributed by atoms with Crippen LogP contribution in [-0.4, -0.2) is 109 Å².